The van der Waals surface area contributed by atoms with Crippen molar-refractivity contribution in [3.05, 3.63) is 0 Å². The van der Waals surface area contributed by atoms with Crippen LogP contribution in [0.1, 0.15) is 39.5 Å². The van der Waals surface area contributed by atoms with Gasteiger partial charge in [-0.1, -0.05) is 0 Å². The molecule has 0 radical (unpaired) electrons. The molecule has 1 fully saturated rings. The van der Waals surface area contributed by atoms with Gasteiger partial charge in [0.05, 0.1) is 19.1 Å². The minimum Gasteiger partial charge on any atom is -0.466 e. The standard InChI is InChI=1S/C14H23NO5S/c1-3-20-12(16)7-6-11(9-21)13(17)15(14(18)19)8-4-5-10(15)2/h10-11H,3-9H2,1-2H3,(H-,18,19,21)/p+1/t10-,11?,15?/m1/s1. The molecule has 0 aromatic carbocycles. The molecule has 0 saturated carbocycles. The second-order valence-electron chi connectivity index (χ2n) is 5.43. The van der Waals surface area contributed by atoms with E-state index in [1.165, 1.54) is 0 Å². The van der Waals surface area contributed by atoms with Gasteiger partial charge in [-0.2, -0.15) is 21.9 Å². The lowest BCUT2D eigenvalue weighted by atomic mass is 10.0. The van der Waals surface area contributed by atoms with Crippen molar-refractivity contribution in [1.29, 1.82) is 0 Å². The summed E-state index contributed by atoms with van der Waals surface area (Å²) in [4.78, 5) is 35.8. The maximum Gasteiger partial charge on any atom is 0.521 e. The fraction of sp³-hybridized carbons (Fsp3) is 0.786. The molecule has 120 valence electrons. The molecule has 1 saturated heterocycles. The summed E-state index contributed by atoms with van der Waals surface area (Å²) in [6.45, 7) is 4.12. The molecule has 21 heavy (non-hydrogen) atoms. The van der Waals surface area contributed by atoms with Crippen molar-refractivity contribution >= 4 is 30.6 Å². The van der Waals surface area contributed by atoms with Crippen LogP contribution in [0.25, 0.3) is 0 Å². The molecule has 1 rings (SSSR count). The smallest absolute Gasteiger partial charge is 0.466 e. The lowest BCUT2D eigenvalue weighted by Crippen LogP contribution is -2.60. The zero-order valence-electron chi connectivity index (χ0n) is 12.6. The number of amides is 2. The van der Waals surface area contributed by atoms with Gasteiger partial charge in [0, 0.05) is 25.0 Å². The average Bonchev–Trinajstić information content (AvgIpc) is 2.82. The van der Waals surface area contributed by atoms with Crippen molar-refractivity contribution in [3.63, 3.8) is 0 Å². The van der Waals surface area contributed by atoms with Gasteiger partial charge in [-0.3, -0.25) is 4.79 Å². The third-order valence-electron chi connectivity index (χ3n) is 4.19. The number of carboxylic acid groups (broad SMARTS) is 1. The van der Waals surface area contributed by atoms with Gasteiger partial charge in [-0.25, -0.2) is 4.79 Å². The molecule has 7 heteroatoms. The largest absolute Gasteiger partial charge is 0.521 e. The van der Waals surface area contributed by atoms with Crippen molar-refractivity contribution in [2.75, 3.05) is 18.9 Å². The van der Waals surface area contributed by atoms with Gasteiger partial charge >= 0.3 is 18.0 Å². The zero-order chi connectivity index (χ0) is 16.0. The predicted molar refractivity (Wildman–Crippen MR) is 80.1 cm³/mol. The van der Waals surface area contributed by atoms with Crippen LogP contribution in [-0.4, -0.2) is 52.5 Å². The molecule has 0 aromatic rings. The molecule has 1 aliphatic rings. The number of imide groups is 1. The van der Waals surface area contributed by atoms with E-state index in [0.717, 1.165) is 12.8 Å². The molecule has 1 heterocycles. The third-order valence-corrected chi connectivity index (χ3v) is 4.63. The summed E-state index contributed by atoms with van der Waals surface area (Å²) in [7, 11) is 0. The first-order valence-corrected chi connectivity index (χ1v) is 7.95. The summed E-state index contributed by atoms with van der Waals surface area (Å²) in [5, 5.41) is 9.55. The highest BCUT2D eigenvalue weighted by Crippen LogP contribution is 2.31. The van der Waals surface area contributed by atoms with Crippen molar-refractivity contribution in [3.8, 4) is 0 Å². The number of thiol groups is 1. The topological polar surface area (TPSA) is 80.7 Å². The second-order valence-corrected chi connectivity index (χ2v) is 5.79. The van der Waals surface area contributed by atoms with Gasteiger partial charge in [-0.15, -0.1) is 0 Å². The van der Waals surface area contributed by atoms with Crippen molar-refractivity contribution in [1.82, 2.24) is 0 Å². The molecule has 3 atom stereocenters. The van der Waals surface area contributed by atoms with Crippen LogP contribution in [0.15, 0.2) is 0 Å². The minimum absolute atomic E-state index is 0.110. The average molecular weight is 318 g/mol. The van der Waals surface area contributed by atoms with Crippen LogP contribution in [0.2, 0.25) is 0 Å². The summed E-state index contributed by atoms with van der Waals surface area (Å²) >= 11 is 4.16. The Morgan fingerprint density at radius 2 is 2.10 bits per heavy atom. The number of ether oxygens (including phenoxy) is 1. The molecule has 1 aliphatic heterocycles. The molecule has 2 unspecified atom stereocenters. The second kappa shape index (κ2) is 7.79. The van der Waals surface area contributed by atoms with E-state index in [-0.39, 0.29) is 36.5 Å². The van der Waals surface area contributed by atoms with Crippen molar-refractivity contribution in [2.45, 2.75) is 45.6 Å². The number of likely N-dealkylation sites (tertiary alicyclic amines) is 1. The Morgan fingerprint density at radius 3 is 2.52 bits per heavy atom. The van der Waals surface area contributed by atoms with Gasteiger partial charge in [0.1, 0.15) is 6.04 Å². The van der Waals surface area contributed by atoms with Gasteiger partial charge in [-0.05, 0) is 20.3 Å². The highest BCUT2D eigenvalue weighted by molar-refractivity contribution is 7.80. The first-order chi connectivity index (χ1) is 9.90. The predicted octanol–water partition coefficient (Wildman–Crippen LogP) is 2.08. The number of nitrogens with zero attached hydrogens (tertiary/aromatic N) is 1. The number of hydrogen-bond acceptors (Lipinski definition) is 5. The Bertz CT molecular complexity index is 414. The quantitative estimate of drug-likeness (QED) is 0.445. The first kappa shape index (κ1) is 18.0. The normalized spacial score (nSPS) is 26.3. The summed E-state index contributed by atoms with van der Waals surface area (Å²) in [5.74, 6) is -1.02. The number of rotatable bonds is 6. The van der Waals surface area contributed by atoms with E-state index in [9.17, 15) is 19.5 Å². The molecule has 1 N–H and O–H groups in total. The van der Waals surface area contributed by atoms with Crippen LogP contribution >= 0.6 is 12.6 Å². The van der Waals surface area contributed by atoms with E-state index in [0.29, 0.717) is 13.2 Å². The highest BCUT2D eigenvalue weighted by Gasteiger charge is 2.54. The maximum absolute atomic E-state index is 12.7. The van der Waals surface area contributed by atoms with E-state index in [4.69, 9.17) is 4.74 Å². The molecule has 6 nitrogen and oxygen atoms in total. The SMILES string of the molecule is CCOC(=O)CCC(CS)C(=O)[N+]1(C(=O)O)CCC[C@H]1C. The van der Waals surface area contributed by atoms with Crippen LogP contribution in [0.3, 0.4) is 0 Å². The Kier molecular flexibility index (Phi) is 6.67. The van der Waals surface area contributed by atoms with Crippen LogP contribution < -0.4 is 0 Å². The lowest BCUT2D eigenvalue weighted by molar-refractivity contribution is -0.794. The van der Waals surface area contributed by atoms with E-state index in [1.807, 2.05) is 0 Å². The molecule has 0 aromatic heterocycles. The fourth-order valence-electron chi connectivity index (χ4n) is 2.93. The molecule has 0 bridgehead atoms. The number of hydrogen-bond donors (Lipinski definition) is 2. The van der Waals surface area contributed by atoms with E-state index >= 15 is 0 Å². The molecular weight excluding hydrogens is 294 g/mol. The summed E-state index contributed by atoms with van der Waals surface area (Å²) < 4.78 is 4.31. The maximum atomic E-state index is 12.7. The zero-order valence-corrected chi connectivity index (χ0v) is 13.5. The molecular formula is C14H24NO5S+. The Balaban J connectivity index is 2.81. The molecule has 0 aliphatic carbocycles. The van der Waals surface area contributed by atoms with E-state index in [2.05, 4.69) is 12.6 Å². The van der Waals surface area contributed by atoms with Crippen LogP contribution in [0.5, 0.6) is 0 Å². The number of carbonyl (C=O) groups is 3. The van der Waals surface area contributed by atoms with Gasteiger partial charge < -0.3 is 9.84 Å². The Morgan fingerprint density at radius 1 is 1.43 bits per heavy atom. The highest BCUT2D eigenvalue weighted by atomic mass is 32.1. The van der Waals surface area contributed by atoms with Gasteiger partial charge in [0.25, 0.3) is 0 Å². The third kappa shape index (κ3) is 3.77. The van der Waals surface area contributed by atoms with E-state index in [1.54, 1.807) is 13.8 Å². The summed E-state index contributed by atoms with van der Waals surface area (Å²) in [5.41, 5.74) is 0. The minimum atomic E-state index is -1.10. The van der Waals surface area contributed by atoms with Crippen LogP contribution in [0, 0.1) is 5.92 Å². The monoisotopic (exact) mass is 318 g/mol. The van der Waals surface area contributed by atoms with Crippen molar-refractivity contribution < 1.29 is 28.7 Å². The first-order valence-electron chi connectivity index (χ1n) is 7.32. The Labute approximate surface area is 130 Å². The van der Waals surface area contributed by atoms with E-state index < -0.39 is 16.5 Å². The number of quaternary nitrogens is 1. The van der Waals surface area contributed by atoms with Crippen LogP contribution in [-0.2, 0) is 14.3 Å². The van der Waals surface area contributed by atoms with Crippen LogP contribution in [0.4, 0.5) is 4.79 Å². The fourth-order valence-corrected chi connectivity index (χ4v) is 3.27. The summed E-state index contributed by atoms with van der Waals surface area (Å²) in [6.07, 6.45) is 0.721. The van der Waals surface area contributed by atoms with Gasteiger partial charge in [0.2, 0.25) is 0 Å². The lowest BCUT2D eigenvalue weighted by Gasteiger charge is -2.32. The van der Waals surface area contributed by atoms with Gasteiger partial charge in [0.15, 0.2) is 0 Å². The molecule has 0 spiro atoms. The van der Waals surface area contributed by atoms with Crippen molar-refractivity contribution in [2.24, 2.45) is 5.92 Å². The molecule has 2 amide bonds. The number of carbonyl (C=O) groups excluding carboxylic acids is 2. The summed E-state index contributed by atoms with van der Waals surface area (Å²) in [6, 6.07) is -0.236. The number of esters is 1. The Hall–Kier alpha value is -1.08.